The molecule has 0 spiro atoms. The van der Waals surface area contributed by atoms with E-state index in [0.29, 0.717) is 12.3 Å². The van der Waals surface area contributed by atoms with Crippen LogP contribution in [0.1, 0.15) is 13.8 Å². The summed E-state index contributed by atoms with van der Waals surface area (Å²) < 4.78 is 0. The van der Waals surface area contributed by atoms with Crippen molar-refractivity contribution in [1.82, 2.24) is 10.2 Å². The third-order valence-electron chi connectivity index (χ3n) is 2.19. The van der Waals surface area contributed by atoms with E-state index in [1.807, 2.05) is 13.8 Å². The molecule has 2 amide bonds. The van der Waals surface area contributed by atoms with Gasteiger partial charge in [-0.1, -0.05) is 25.6 Å². The minimum atomic E-state index is -1.05. The minimum Gasteiger partial charge on any atom is -0.480 e. The van der Waals surface area contributed by atoms with E-state index in [-0.39, 0.29) is 23.6 Å². The topological polar surface area (TPSA) is 86.7 Å². The molecule has 0 aromatic heterocycles. The van der Waals surface area contributed by atoms with Gasteiger partial charge in [0.15, 0.2) is 0 Å². The van der Waals surface area contributed by atoms with Crippen LogP contribution in [0.5, 0.6) is 0 Å². The number of carboxylic acids is 1. The van der Waals surface area contributed by atoms with Crippen LogP contribution >= 0.6 is 11.8 Å². The molecule has 17 heavy (non-hydrogen) atoms. The Bertz CT molecular complexity index is 332. The highest BCUT2D eigenvalue weighted by molar-refractivity contribution is 8.14. The molecule has 0 saturated carbocycles. The number of nitrogens with one attached hydrogen (secondary N) is 1. The number of carbonyl (C=O) groups excluding carboxylic acids is 2. The maximum absolute atomic E-state index is 12.0. The first-order chi connectivity index (χ1) is 7.90. The lowest BCUT2D eigenvalue weighted by molar-refractivity contribution is -0.145. The summed E-state index contributed by atoms with van der Waals surface area (Å²) in [7, 11) is 0. The van der Waals surface area contributed by atoms with Gasteiger partial charge in [-0.2, -0.15) is 0 Å². The van der Waals surface area contributed by atoms with Crippen LogP contribution in [0.15, 0.2) is 0 Å². The first-order valence-electron chi connectivity index (χ1n) is 5.34. The molecule has 0 aromatic rings. The van der Waals surface area contributed by atoms with Gasteiger partial charge in [0, 0.05) is 12.3 Å². The zero-order valence-corrected chi connectivity index (χ0v) is 10.6. The van der Waals surface area contributed by atoms with Crippen LogP contribution in [0, 0.1) is 5.92 Å². The van der Waals surface area contributed by atoms with E-state index in [4.69, 9.17) is 5.11 Å². The van der Waals surface area contributed by atoms with Crippen molar-refractivity contribution in [2.45, 2.75) is 19.9 Å². The van der Waals surface area contributed by atoms with Crippen LogP contribution in [0.25, 0.3) is 0 Å². The Morgan fingerprint density at radius 2 is 2.24 bits per heavy atom. The summed E-state index contributed by atoms with van der Waals surface area (Å²) >= 11 is 1.04. The fourth-order valence-corrected chi connectivity index (χ4v) is 2.34. The van der Waals surface area contributed by atoms with Crippen LogP contribution < -0.4 is 5.32 Å². The molecule has 0 radical (unpaired) electrons. The Morgan fingerprint density at radius 1 is 1.59 bits per heavy atom. The maximum Gasteiger partial charge on any atom is 0.323 e. The average Bonchev–Trinajstić information content (AvgIpc) is 2.61. The lowest BCUT2D eigenvalue weighted by atomic mass is 10.2. The fraction of sp³-hybridized carbons (Fsp3) is 0.700. The number of hydrogen-bond donors (Lipinski definition) is 2. The maximum atomic E-state index is 12.0. The van der Waals surface area contributed by atoms with Crippen LogP contribution in [0.4, 0.5) is 4.79 Å². The van der Waals surface area contributed by atoms with Gasteiger partial charge in [0.2, 0.25) is 5.91 Å². The van der Waals surface area contributed by atoms with E-state index in [0.717, 1.165) is 11.8 Å². The molecule has 7 heteroatoms. The molecule has 6 nitrogen and oxygen atoms in total. The summed E-state index contributed by atoms with van der Waals surface area (Å²) in [6.07, 6.45) is 0. The Labute approximate surface area is 104 Å². The number of amides is 2. The highest BCUT2D eigenvalue weighted by Gasteiger charge is 2.32. The minimum absolute atomic E-state index is 0.183. The van der Waals surface area contributed by atoms with Gasteiger partial charge in [0.25, 0.3) is 5.24 Å². The summed E-state index contributed by atoms with van der Waals surface area (Å²) in [4.78, 5) is 35.0. The predicted octanol–water partition coefficient (Wildman–Crippen LogP) is 0.381. The number of carboxylic acid groups (broad SMARTS) is 1. The first kappa shape index (κ1) is 13.8. The molecule has 0 bridgehead atoms. The average molecular weight is 260 g/mol. The molecule has 1 aliphatic heterocycles. The number of hydrogen-bond acceptors (Lipinski definition) is 4. The van der Waals surface area contributed by atoms with Crippen molar-refractivity contribution < 1.29 is 19.5 Å². The van der Waals surface area contributed by atoms with Gasteiger partial charge >= 0.3 is 5.97 Å². The fourth-order valence-electron chi connectivity index (χ4n) is 1.57. The van der Waals surface area contributed by atoms with E-state index in [1.165, 1.54) is 4.90 Å². The monoisotopic (exact) mass is 260 g/mol. The summed E-state index contributed by atoms with van der Waals surface area (Å²) in [5.74, 6) is -0.815. The van der Waals surface area contributed by atoms with E-state index >= 15 is 0 Å². The Morgan fingerprint density at radius 3 is 2.65 bits per heavy atom. The van der Waals surface area contributed by atoms with Crippen molar-refractivity contribution in [3.63, 3.8) is 0 Å². The summed E-state index contributed by atoms with van der Waals surface area (Å²) in [5.41, 5.74) is 0. The van der Waals surface area contributed by atoms with Crippen LogP contribution in [0.3, 0.4) is 0 Å². The smallest absolute Gasteiger partial charge is 0.323 e. The lowest BCUT2D eigenvalue weighted by Crippen LogP contribution is -2.48. The molecule has 1 rings (SSSR count). The van der Waals surface area contributed by atoms with Gasteiger partial charge < -0.3 is 15.3 Å². The number of aliphatic carboxylic acids is 1. The lowest BCUT2D eigenvalue weighted by Gasteiger charge is -2.25. The second kappa shape index (κ2) is 5.90. The van der Waals surface area contributed by atoms with Gasteiger partial charge in [0.1, 0.15) is 12.6 Å². The third-order valence-corrected chi connectivity index (χ3v) is 3.07. The van der Waals surface area contributed by atoms with Crippen molar-refractivity contribution in [3.8, 4) is 0 Å². The van der Waals surface area contributed by atoms with E-state index in [9.17, 15) is 14.4 Å². The van der Waals surface area contributed by atoms with Gasteiger partial charge in [-0.05, 0) is 5.92 Å². The largest absolute Gasteiger partial charge is 0.480 e. The molecular weight excluding hydrogens is 244 g/mol. The second-order valence-electron chi connectivity index (χ2n) is 4.30. The zero-order chi connectivity index (χ0) is 13.0. The highest BCUT2D eigenvalue weighted by Crippen LogP contribution is 2.15. The Kier molecular flexibility index (Phi) is 4.80. The molecule has 96 valence electrons. The van der Waals surface area contributed by atoms with Crippen LogP contribution in [-0.2, 0) is 9.59 Å². The van der Waals surface area contributed by atoms with E-state index in [2.05, 4.69) is 5.32 Å². The molecule has 1 aliphatic rings. The molecule has 1 heterocycles. The van der Waals surface area contributed by atoms with E-state index < -0.39 is 12.0 Å². The number of nitrogens with zero attached hydrogens (tertiary/aromatic N) is 1. The van der Waals surface area contributed by atoms with Crippen LogP contribution in [0.2, 0.25) is 0 Å². The molecule has 1 fully saturated rings. The SMILES string of the molecule is CC(C)CN(CC(=O)O)C(=O)C1CSC(=O)N1. The Balaban J connectivity index is 2.64. The molecular formula is C10H16N2O4S. The van der Waals surface area contributed by atoms with Crippen molar-refractivity contribution >= 4 is 28.9 Å². The molecule has 1 saturated heterocycles. The molecule has 0 aliphatic carbocycles. The predicted molar refractivity (Wildman–Crippen MR) is 63.8 cm³/mol. The molecule has 1 atom stereocenters. The van der Waals surface area contributed by atoms with Crippen molar-refractivity contribution in [1.29, 1.82) is 0 Å². The number of thioether (sulfide) groups is 1. The van der Waals surface area contributed by atoms with Gasteiger partial charge in [-0.15, -0.1) is 0 Å². The first-order valence-corrected chi connectivity index (χ1v) is 6.32. The Hall–Kier alpha value is -1.24. The van der Waals surface area contributed by atoms with Crippen molar-refractivity contribution in [2.24, 2.45) is 5.92 Å². The summed E-state index contributed by atoms with van der Waals surface area (Å²) in [5, 5.41) is 11.0. The molecule has 1 unspecified atom stereocenters. The highest BCUT2D eigenvalue weighted by atomic mass is 32.2. The third kappa shape index (κ3) is 4.26. The second-order valence-corrected chi connectivity index (χ2v) is 5.29. The zero-order valence-electron chi connectivity index (χ0n) is 9.80. The van der Waals surface area contributed by atoms with Crippen molar-refractivity contribution in [3.05, 3.63) is 0 Å². The van der Waals surface area contributed by atoms with E-state index in [1.54, 1.807) is 0 Å². The number of carbonyl (C=O) groups is 3. The summed E-state index contributed by atoms with van der Waals surface area (Å²) in [6, 6.07) is -0.592. The molecule has 0 aromatic carbocycles. The molecule has 2 N–H and O–H groups in total. The van der Waals surface area contributed by atoms with Gasteiger partial charge in [-0.25, -0.2) is 0 Å². The van der Waals surface area contributed by atoms with Gasteiger partial charge in [-0.3, -0.25) is 14.4 Å². The standard InChI is InChI=1S/C10H16N2O4S/c1-6(2)3-12(4-8(13)14)9(15)7-5-17-10(16)11-7/h6-7H,3-5H2,1-2H3,(H,11,16)(H,13,14). The van der Waals surface area contributed by atoms with Crippen LogP contribution in [-0.4, -0.2) is 52.0 Å². The summed E-state index contributed by atoms with van der Waals surface area (Å²) in [6.45, 7) is 3.87. The van der Waals surface area contributed by atoms with Crippen molar-refractivity contribution in [2.75, 3.05) is 18.8 Å². The quantitative estimate of drug-likeness (QED) is 0.746. The number of rotatable bonds is 5. The normalized spacial score (nSPS) is 19.2. The van der Waals surface area contributed by atoms with Gasteiger partial charge in [0.05, 0.1) is 0 Å².